The number of hydrogen-bond acceptors (Lipinski definition) is 3. The van der Waals surface area contributed by atoms with Crippen molar-refractivity contribution < 1.29 is 4.79 Å². The SMILES string of the molecule is CC1CCN(C(=O)[C@H]2CSCN2)C1. The monoisotopic (exact) mass is 200 g/mol. The maximum absolute atomic E-state index is 11.8. The third-order valence-corrected chi connectivity index (χ3v) is 3.69. The number of likely N-dealkylation sites (tertiary alicyclic amines) is 1. The van der Waals surface area contributed by atoms with Crippen molar-refractivity contribution in [1.82, 2.24) is 10.2 Å². The number of thioether (sulfide) groups is 1. The van der Waals surface area contributed by atoms with Crippen LogP contribution in [0.3, 0.4) is 0 Å². The summed E-state index contributed by atoms with van der Waals surface area (Å²) >= 11 is 1.81. The highest BCUT2D eigenvalue weighted by atomic mass is 32.2. The second kappa shape index (κ2) is 3.88. The highest BCUT2D eigenvalue weighted by Gasteiger charge is 2.30. The lowest BCUT2D eigenvalue weighted by Crippen LogP contribution is -2.43. The number of nitrogens with one attached hydrogen (secondary N) is 1. The Morgan fingerprint density at radius 1 is 1.62 bits per heavy atom. The topological polar surface area (TPSA) is 32.3 Å². The van der Waals surface area contributed by atoms with Gasteiger partial charge < -0.3 is 4.90 Å². The summed E-state index contributed by atoms with van der Waals surface area (Å²) in [6.07, 6.45) is 1.17. The van der Waals surface area contributed by atoms with Gasteiger partial charge in [0, 0.05) is 24.7 Å². The summed E-state index contributed by atoms with van der Waals surface area (Å²) in [4.78, 5) is 13.9. The second-order valence-corrected chi connectivity index (χ2v) is 4.98. The first-order valence-electron chi connectivity index (χ1n) is 4.87. The molecule has 2 aliphatic rings. The Balaban J connectivity index is 1.89. The van der Waals surface area contributed by atoms with Crippen molar-refractivity contribution in [3.63, 3.8) is 0 Å². The molecule has 0 bridgehead atoms. The lowest BCUT2D eigenvalue weighted by atomic mass is 10.2. The zero-order chi connectivity index (χ0) is 9.26. The van der Waals surface area contributed by atoms with Crippen molar-refractivity contribution in [3.05, 3.63) is 0 Å². The molecule has 2 fully saturated rings. The third kappa shape index (κ3) is 1.99. The van der Waals surface area contributed by atoms with Gasteiger partial charge in [-0.25, -0.2) is 0 Å². The van der Waals surface area contributed by atoms with Gasteiger partial charge in [-0.2, -0.15) is 0 Å². The van der Waals surface area contributed by atoms with Gasteiger partial charge in [0.2, 0.25) is 5.91 Å². The van der Waals surface area contributed by atoms with Crippen molar-refractivity contribution in [1.29, 1.82) is 0 Å². The minimum atomic E-state index is 0.0929. The average Bonchev–Trinajstić information content (AvgIpc) is 2.72. The standard InChI is InChI=1S/C9H16N2OS/c1-7-2-3-11(4-7)9(12)8-5-13-6-10-8/h7-8,10H,2-6H2,1H3/t7?,8-/m1/s1. The average molecular weight is 200 g/mol. The molecular weight excluding hydrogens is 184 g/mol. The summed E-state index contributed by atoms with van der Waals surface area (Å²) in [6.45, 7) is 4.13. The van der Waals surface area contributed by atoms with E-state index in [1.54, 1.807) is 0 Å². The molecule has 2 rings (SSSR count). The minimum Gasteiger partial charge on any atom is -0.341 e. The summed E-state index contributed by atoms with van der Waals surface area (Å²) in [5.74, 6) is 2.89. The molecule has 1 N–H and O–H groups in total. The van der Waals surface area contributed by atoms with Gasteiger partial charge in [0.15, 0.2) is 0 Å². The van der Waals surface area contributed by atoms with Crippen LogP contribution in [0.2, 0.25) is 0 Å². The van der Waals surface area contributed by atoms with Crippen molar-refractivity contribution in [2.75, 3.05) is 24.7 Å². The first-order chi connectivity index (χ1) is 6.27. The molecule has 74 valence electrons. The van der Waals surface area contributed by atoms with Gasteiger partial charge in [0.25, 0.3) is 0 Å². The van der Waals surface area contributed by atoms with Crippen LogP contribution in [0.4, 0.5) is 0 Å². The van der Waals surface area contributed by atoms with Crippen molar-refractivity contribution in [2.24, 2.45) is 5.92 Å². The summed E-state index contributed by atoms with van der Waals surface area (Å²) in [5, 5.41) is 3.22. The van der Waals surface area contributed by atoms with E-state index in [9.17, 15) is 4.79 Å². The lowest BCUT2D eigenvalue weighted by Gasteiger charge is -2.19. The third-order valence-electron chi connectivity index (χ3n) is 2.75. The molecule has 2 aliphatic heterocycles. The molecule has 2 atom stereocenters. The molecule has 2 saturated heterocycles. The molecule has 0 spiro atoms. The van der Waals surface area contributed by atoms with Crippen LogP contribution >= 0.6 is 11.8 Å². The first-order valence-corrected chi connectivity index (χ1v) is 6.03. The quantitative estimate of drug-likeness (QED) is 0.669. The van der Waals surface area contributed by atoms with E-state index in [0.29, 0.717) is 11.8 Å². The van der Waals surface area contributed by atoms with Crippen molar-refractivity contribution in [2.45, 2.75) is 19.4 Å². The lowest BCUT2D eigenvalue weighted by molar-refractivity contribution is -0.131. The highest BCUT2D eigenvalue weighted by Crippen LogP contribution is 2.18. The predicted molar refractivity (Wildman–Crippen MR) is 54.6 cm³/mol. The molecule has 0 radical (unpaired) electrons. The van der Waals surface area contributed by atoms with Crippen LogP contribution in [0.15, 0.2) is 0 Å². The molecule has 13 heavy (non-hydrogen) atoms. The molecular formula is C9H16N2OS. The predicted octanol–water partition coefficient (Wildman–Crippen LogP) is 0.517. The maximum Gasteiger partial charge on any atom is 0.240 e. The van der Waals surface area contributed by atoms with Crippen LogP contribution in [0.25, 0.3) is 0 Å². The van der Waals surface area contributed by atoms with Crippen LogP contribution < -0.4 is 5.32 Å². The van der Waals surface area contributed by atoms with E-state index < -0.39 is 0 Å². The zero-order valence-electron chi connectivity index (χ0n) is 7.95. The smallest absolute Gasteiger partial charge is 0.240 e. The van der Waals surface area contributed by atoms with E-state index in [1.165, 1.54) is 6.42 Å². The van der Waals surface area contributed by atoms with Gasteiger partial charge in [0.05, 0.1) is 6.04 Å². The number of rotatable bonds is 1. The second-order valence-electron chi connectivity index (χ2n) is 3.95. The fourth-order valence-corrected chi connectivity index (χ4v) is 2.84. The Kier molecular flexibility index (Phi) is 2.79. The Morgan fingerprint density at radius 2 is 2.46 bits per heavy atom. The van der Waals surface area contributed by atoms with Gasteiger partial charge in [-0.3, -0.25) is 10.1 Å². The Bertz CT molecular complexity index is 204. The number of amides is 1. The van der Waals surface area contributed by atoms with E-state index in [0.717, 1.165) is 24.7 Å². The van der Waals surface area contributed by atoms with Crippen LogP contribution in [-0.4, -0.2) is 41.6 Å². The fourth-order valence-electron chi connectivity index (χ4n) is 1.91. The summed E-state index contributed by atoms with van der Waals surface area (Å²) in [5.41, 5.74) is 0. The molecule has 0 aliphatic carbocycles. The zero-order valence-corrected chi connectivity index (χ0v) is 8.77. The molecule has 1 unspecified atom stereocenters. The van der Waals surface area contributed by atoms with Gasteiger partial charge >= 0.3 is 0 Å². The highest BCUT2D eigenvalue weighted by molar-refractivity contribution is 7.99. The van der Waals surface area contributed by atoms with Gasteiger partial charge in [0.1, 0.15) is 0 Å². The van der Waals surface area contributed by atoms with Gasteiger partial charge in [-0.15, -0.1) is 11.8 Å². The summed E-state index contributed by atoms with van der Waals surface area (Å²) < 4.78 is 0. The van der Waals surface area contributed by atoms with E-state index in [2.05, 4.69) is 12.2 Å². The Labute approximate surface area is 83.2 Å². The van der Waals surface area contributed by atoms with E-state index in [-0.39, 0.29) is 6.04 Å². The van der Waals surface area contributed by atoms with E-state index in [1.807, 2.05) is 16.7 Å². The van der Waals surface area contributed by atoms with Crippen molar-refractivity contribution in [3.8, 4) is 0 Å². The van der Waals surface area contributed by atoms with E-state index in [4.69, 9.17) is 0 Å². The van der Waals surface area contributed by atoms with Gasteiger partial charge in [-0.1, -0.05) is 6.92 Å². The Hall–Kier alpha value is -0.220. The number of carbonyl (C=O) groups excluding carboxylic acids is 1. The largest absolute Gasteiger partial charge is 0.341 e. The van der Waals surface area contributed by atoms with Crippen molar-refractivity contribution >= 4 is 17.7 Å². The molecule has 0 aromatic heterocycles. The minimum absolute atomic E-state index is 0.0929. The maximum atomic E-state index is 11.8. The Morgan fingerprint density at radius 3 is 3.00 bits per heavy atom. The van der Waals surface area contributed by atoms with Crippen LogP contribution in [0.1, 0.15) is 13.3 Å². The number of hydrogen-bond donors (Lipinski definition) is 1. The van der Waals surface area contributed by atoms with Crippen LogP contribution in [0.5, 0.6) is 0 Å². The number of carbonyl (C=O) groups is 1. The molecule has 3 nitrogen and oxygen atoms in total. The van der Waals surface area contributed by atoms with Crippen LogP contribution in [-0.2, 0) is 4.79 Å². The molecule has 2 heterocycles. The number of nitrogens with zero attached hydrogens (tertiary/aromatic N) is 1. The fraction of sp³-hybridized carbons (Fsp3) is 0.889. The normalized spacial score (nSPS) is 34.1. The van der Waals surface area contributed by atoms with Gasteiger partial charge in [-0.05, 0) is 12.3 Å². The summed E-state index contributed by atoms with van der Waals surface area (Å²) in [7, 11) is 0. The molecule has 1 amide bonds. The van der Waals surface area contributed by atoms with E-state index >= 15 is 0 Å². The molecule has 0 aromatic carbocycles. The summed E-state index contributed by atoms with van der Waals surface area (Å²) in [6, 6.07) is 0.0929. The molecule has 4 heteroatoms. The van der Waals surface area contributed by atoms with Crippen LogP contribution in [0, 0.1) is 5.92 Å². The molecule has 0 saturated carbocycles. The molecule has 0 aromatic rings. The first kappa shape index (κ1) is 9.34.